The topological polar surface area (TPSA) is 58.6 Å². The maximum atomic E-state index is 12.2. The Labute approximate surface area is 126 Å². The van der Waals surface area contributed by atoms with Crippen LogP contribution in [0.1, 0.15) is 33.3 Å². The van der Waals surface area contributed by atoms with E-state index in [0.717, 1.165) is 5.56 Å². The van der Waals surface area contributed by atoms with Crippen molar-refractivity contribution in [1.29, 1.82) is 0 Å². The molecule has 21 heavy (non-hydrogen) atoms. The van der Waals surface area contributed by atoms with E-state index in [-0.39, 0.29) is 12.5 Å². The minimum atomic E-state index is -0.590. The van der Waals surface area contributed by atoms with Gasteiger partial charge < -0.3 is 10.1 Å². The fraction of sp³-hybridized carbons (Fsp3) is 0.500. The molecule has 0 aliphatic carbocycles. The lowest BCUT2D eigenvalue weighted by molar-refractivity contribution is -0.122. The zero-order valence-electron chi connectivity index (χ0n) is 13.2. The lowest BCUT2D eigenvalue weighted by Gasteiger charge is -2.27. The summed E-state index contributed by atoms with van der Waals surface area (Å²) in [5, 5.41) is 2.69. The maximum absolute atomic E-state index is 12.2. The fourth-order valence-corrected chi connectivity index (χ4v) is 1.74. The first kappa shape index (κ1) is 17.0. The van der Waals surface area contributed by atoms with Crippen LogP contribution >= 0.6 is 0 Å². The van der Waals surface area contributed by atoms with E-state index in [1.807, 2.05) is 37.3 Å². The van der Waals surface area contributed by atoms with Crippen LogP contribution < -0.4 is 5.32 Å². The highest BCUT2D eigenvalue weighted by atomic mass is 16.6. The maximum Gasteiger partial charge on any atom is 0.411 e. The van der Waals surface area contributed by atoms with E-state index in [1.54, 1.807) is 20.8 Å². The van der Waals surface area contributed by atoms with Crippen molar-refractivity contribution in [3.63, 3.8) is 0 Å². The summed E-state index contributed by atoms with van der Waals surface area (Å²) < 4.78 is 5.36. The Morgan fingerprint density at radius 1 is 1.19 bits per heavy atom. The zero-order valence-corrected chi connectivity index (χ0v) is 13.2. The number of nitrogens with zero attached hydrogens (tertiary/aromatic N) is 1. The molecule has 0 aliphatic heterocycles. The number of amides is 2. The molecular formula is C16H24N2O3. The zero-order chi connectivity index (χ0) is 15.9. The van der Waals surface area contributed by atoms with Gasteiger partial charge >= 0.3 is 6.09 Å². The van der Waals surface area contributed by atoms with Crippen molar-refractivity contribution < 1.29 is 14.3 Å². The molecule has 0 atom stereocenters. The van der Waals surface area contributed by atoms with Crippen LogP contribution in [0.25, 0.3) is 0 Å². The lowest BCUT2D eigenvalue weighted by Crippen LogP contribution is -2.42. The van der Waals surface area contributed by atoms with E-state index in [4.69, 9.17) is 4.74 Å². The van der Waals surface area contributed by atoms with Gasteiger partial charge in [0.2, 0.25) is 5.91 Å². The molecule has 1 aromatic carbocycles. The fourth-order valence-electron chi connectivity index (χ4n) is 1.74. The van der Waals surface area contributed by atoms with Crippen LogP contribution in [0.5, 0.6) is 0 Å². The molecule has 5 heteroatoms. The summed E-state index contributed by atoms with van der Waals surface area (Å²) in [4.78, 5) is 25.4. The summed E-state index contributed by atoms with van der Waals surface area (Å²) >= 11 is 0. The second kappa shape index (κ2) is 7.67. The normalized spacial score (nSPS) is 10.9. The highest BCUT2D eigenvalue weighted by molar-refractivity contribution is 5.82. The van der Waals surface area contributed by atoms with Gasteiger partial charge in [0.15, 0.2) is 0 Å². The number of carbonyl (C=O) groups is 2. The molecule has 0 fully saturated rings. The van der Waals surface area contributed by atoms with Gasteiger partial charge in [0, 0.05) is 13.1 Å². The lowest BCUT2D eigenvalue weighted by atomic mass is 10.2. The van der Waals surface area contributed by atoms with Crippen LogP contribution in [0, 0.1) is 0 Å². The number of ether oxygens (including phenoxy) is 1. The van der Waals surface area contributed by atoms with Crippen LogP contribution in [0.2, 0.25) is 0 Å². The molecule has 1 N–H and O–H groups in total. The SMILES string of the molecule is CCNC(=O)CN(Cc1ccccc1)C(=O)OC(C)(C)C. The first-order chi connectivity index (χ1) is 9.81. The summed E-state index contributed by atoms with van der Waals surface area (Å²) in [7, 11) is 0. The number of likely N-dealkylation sites (N-methyl/N-ethyl adjacent to an activating group) is 1. The first-order valence-electron chi connectivity index (χ1n) is 7.10. The number of hydrogen-bond donors (Lipinski definition) is 1. The first-order valence-corrected chi connectivity index (χ1v) is 7.10. The molecule has 0 heterocycles. The quantitative estimate of drug-likeness (QED) is 0.907. The smallest absolute Gasteiger partial charge is 0.411 e. The molecule has 1 rings (SSSR count). The molecule has 0 aromatic heterocycles. The van der Waals surface area contributed by atoms with Gasteiger partial charge in [0.25, 0.3) is 0 Å². The van der Waals surface area contributed by atoms with E-state index in [0.29, 0.717) is 13.1 Å². The minimum absolute atomic E-state index is 0.0162. The highest BCUT2D eigenvalue weighted by Crippen LogP contribution is 2.12. The highest BCUT2D eigenvalue weighted by Gasteiger charge is 2.23. The number of hydrogen-bond acceptors (Lipinski definition) is 3. The predicted molar refractivity (Wildman–Crippen MR) is 81.8 cm³/mol. The van der Waals surface area contributed by atoms with Crippen LogP contribution in [0.4, 0.5) is 4.79 Å². The molecule has 1 aromatic rings. The van der Waals surface area contributed by atoms with Crippen molar-refractivity contribution in [2.45, 2.75) is 39.8 Å². The average Bonchev–Trinajstić information content (AvgIpc) is 2.37. The molecule has 0 saturated heterocycles. The Kier molecular flexibility index (Phi) is 6.21. The number of rotatable bonds is 5. The summed E-state index contributed by atoms with van der Waals surface area (Å²) in [6.45, 7) is 8.11. The number of benzene rings is 1. The van der Waals surface area contributed by atoms with E-state index in [9.17, 15) is 9.59 Å². The van der Waals surface area contributed by atoms with E-state index in [2.05, 4.69) is 5.32 Å². The van der Waals surface area contributed by atoms with E-state index < -0.39 is 11.7 Å². The number of nitrogens with one attached hydrogen (secondary N) is 1. The molecule has 5 nitrogen and oxygen atoms in total. The van der Waals surface area contributed by atoms with Gasteiger partial charge in [-0.05, 0) is 33.3 Å². The Morgan fingerprint density at radius 3 is 2.33 bits per heavy atom. The molecule has 2 amide bonds. The summed E-state index contributed by atoms with van der Waals surface area (Å²) in [6.07, 6.45) is -0.488. The van der Waals surface area contributed by atoms with Gasteiger partial charge in [-0.25, -0.2) is 4.79 Å². The molecule has 0 aliphatic rings. The largest absolute Gasteiger partial charge is 0.444 e. The van der Waals surface area contributed by atoms with Crippen molar-refractivity contribution in [1.82, 2.24) is 10.2 Å². The van der Waals surface area contributed by atoms with Gasteiger partial charge in [-0.1, -0.05) is 30.3 Å². The van der Waals surface area contributed by atoms with Crippen LogP contribution in [0.15, 0.2) is 30.3 Å². The van der Waals surface area contributed by atoms with Crippen molar-refractivity contribution >= 4 is 12.0 Å². The molecule has 0 bridgehead atoms. The van der Waals surface area contributed by atoms with Gasteiger partial charge in [-0.15, -0.1) is 0 Å². The van der Waals surface area contributed by atoms with Gasteiger partial charge in [-0.3, -0.25) is 9.69 Å². The number of carbonyl (C=O) groups excluding carboxylic acids is 2. The molecule has 0 spiro atoms. The second-order valence-corrected chi connectivity index (χ2v) is 5.78. The second-order valence-electron chi connectivity index (χ2n) is 5.78. The predicted octanol–water partition coefficient (Wildman–Crippen LogP) is 2.56. The molecule has 0 radical (unpaired) electrons. The van der Waals surface area contributed by atoms with Crippen LogP contribution in [-0.4, -0.2) is 35.6 Å². The Bertz CT molecular complexity index is 466. The summed E-state index contributed by atoms with van der Waals surface area (Å²) in [5.41, 5.74) is 0.362. The molecular weight excluding hydrogens is 268 g/mol. The Balaban J connectivity index is 2.78. The van der Waals surface area contributed by atoms with Crippen LogP contribution in [0.3, 0.4) is 0 Å². The summed E-state index contributed by atoms with van der Waals surface area (Å²) in [6, 6.07) is 9.53. The van der Waals surface area contributed by atoms with Crippen molar-refractivity contribution in [3.8, 4) is 0 Å². The van der Waals surface area contributed by atoms with E-state index >= 15 is 0 Å². The average molecular weight is 292 g/mol. The minimum Gasteiger partial charge on any atom is -0.444 e. The molecule has 0 unspecified atom stereocenters. The Hall–Kier alpha value is -2.04. The van der Waals surface area contributed by atoms with Crippen molar-refractivity contribution in [3.05, 3.63) is 35.9 Å². The summed E-state index contributed by atoms with van der Waals surface area (Å²) in [5.74, 6) is -0.195. The third-order valence-corrected chi connectivity index (χ3v) is 2.58. The monoisotopic (exact) mass is 292 g/mol. The van der Waals surface area contributed by atoms with Gasteiger partial charge in [-0.2, -0.15) is 0 Å². The van der Waals surface area contributed by atoms with Crippen LogP contribution in [-0.2, 0) is 16.1 Å². The van der Waals surface area contributed by atoms with Gasteiger partial charge in [0.05, 0.1) is 0 Å². The van der Waals surface area contributed by atoms with Crippen molar-refractivity contribution in [2.75, 3.05) is 13.1 Å². The van der Waals surface area contributed by atoms with Crippen molar-refractivity contribution in [2.24, 2.45) is 0 Å². The molecule has 0 saturated carbocycles. The van der Waals surface area contributed by atoms with E-state index in [1.165, 1.54) is 4.90 Å². The third kappa shape index (κ3) is 6.79. The standard InChI is InChI=1S/C16H24N2O3/c1-5-17-14(19)12-18(15(20)21-16(2,3)4)11-13-9-7-6-8-10-13/h6-10H,5,11-12H2,1-4H3,(H,17,19). The Morgan fingerprint density at radius 2 is 1.81 bits per heavy atom. The third-order valence-electron chi connectivity index (χ3n) is 2.58. The molecule has 116 valence electrons. The van der Waals surface area contributed by atoms with Gasteiger partial charge in [0.1, 0.15) is 12.1 Å².